The Morgan fingerprint density at radius 1 is 0.519 bits per heavy atom. The van der Waals surface area contributed by atoms with Gasteiger partial charge in [0.05, 0.1) is 25.4 Å². The van der Waals surface area contributed by atoms with Gasteiger partial charge in [-0.2, -0.15) is 0 Å². The first-order valence-electron chi connectivity index (χ1n) is 31.0. The Morgan fingerprint density at radius 3 is 1.43 bits per heavy atom. The summed E-state index contributed by atoms with van der Waals surface area (Å²) in [5.41, 5.74) is 0. The number of esters is 1. The normalized spacial score (nSPS) is 19.7. The van der Waals surface area contributed by atoms with Gasteiger partial charge in [-0.05, 0) is 103 Å². The molecule has 1 aliphatic rings. The molecular weight excluding hydrogens is 967 g/mol. The number of ether oxygens (including phenoxy) is 3. The smallest absolute Gasteiger partial charge is 0.306 e. The van der Waals surface area contributed by atoms with Gasteiger partial charge in [-0.25, -0.2) is 0 Å². The number of nitrogens with one attached hydrogen (secondary N) is 1. The zero-order valence-corrected chi connectivity index (χ0v) is 48.8. The summed E-state index contributed by atoms with van der Waals surface area (Å²) in [5, 5.41) is 56.9. The molecule has 8 atom stereocenters. The summed E-state index contributed by atoms with van der Waals surface area (Å²) in [6.07, 6.45) is 60.1. The molecule has 1 heterocycles. The predicted molar refractivity (Wildman–Crippen MR) is 319 cm³/mol. The van der Waals surface area contributed by atoms with Crippen molar-refractivity contribution in [3.8, 4) is 0 Å². The zero-order chi connectivity index (χ0) is 56.1. The third kappa shape index (κ3) is 41.3. The molecule has 0 radical (unpaired) electrons. The summed E-state index contributed by atoms with van der Waals surface area (Å²) in [4.78, 5) is 26.5. The van der Waals surface area contributed by atoms with Crippen LogP contribution in [0.25, 0.3) is 0 Å². The van der Waals surface area contributed by atoms with E-state index in [-0.39, 0.29) is 19.4 Å². The molecule has 6 N–H and O–H groups in total. The number of unbranched alkanes of at least 4 members (excludes halogenated alkanes) is 23. The fraction of sp³-hybridized carbons (Fsp3) is 0.727. The molecule has 1 aliphatic heterocycles. The molecular formula is C66H113NO10. The minimum absolute atomic E-state index is 0.0795. The van der Waals surface area contributed by atoms with Crippen LogP contribution >= 0.6 is 0 Å². The number of aliphatic hydroxyl groups excluding tert-OH is 5. The SMILES string of the molecule is CC/C=C\C/C=C\C/C=C\C/C=C\C/C=C\CCCCCC(=O)OC1C(OCC(NC(=O)C(O)CCCCCCCCCC/C=C\C/C=C\CCCCC)C(O)/C=C/CCCCCCCCCCC)OC(CO)C(O)C1O. The lowest BCUT2D eigenvalue weighted by Gasteiger charge is -2.41. The minimum atomic E-state index is -1.63. The summed E-state index contributed by atoms with van der Waals surface area (Å²) >= 11 is 0. The van der Waals surface area contributed by atoms with Crippen molar-refractivity contribution >= 4 is 11.9 Å². The topological polar surface area (TPSA) is 175 Å². The highest BCUT2D eigenvalue weighted by molar-refractivity contribution is 5.80. The number of amides is 1. The average molecular weight is 1080 g/mol. The summed E-state index contributed by atoms with van der Waals surface area (Å²) in [7, 11) is 0. The molecule has 0 spiro atoms. The van der Waals surface area contributed by atoms with Gasteiger partial charge >= 0.3 is 5.97 Å². The Bertz CT molecular complexity index is 1620. The number of rotatable bonds is 51. The highest BCUT2D eigenvalue weighted by atomic mass is 16.7. The molecule has 1 rings (SSSR count). The van der Waals surface area contributed by atoms with Crippen LogP contribution in [0.2, 0.25) is 0 Å². The van der Waals surface area contributed by atoms with Crippen LogP contribution in [0, 0.1) is 0 Å². The lowest BCUT2D eigenvalue weighted by Crippen LogP contribution is -2.61. The lowest BCUT2D eigenvalue weighted by molar-refractivity contribution is -0.305. The highest BCUT2D eigenvalue weighted by Crippen LogP contribution is 2.26. The number of aliphatic hydroxyl groups is 5. The molecule has 0 aromatic rings. The standard InChI is InChI=1S/C66H113NO10/c1-4-7-10-13-16-19-22-24-26-28-30-32-34-36-39-42-45-48-51-54-61(71)77-64-63(73)62(72)60(55-68)76-66(64)75-56-57(58(69)52-49-46-43-40-37-21-18-15-12-9-6-3)67-65(74)59(70)53-50-47-44-41-38-35-33-31-29-27-25-23-20-17-14-11-8-5-2/h7,10,16-17,19-20,24-27,30,32,36,39,49,52,57-60,62-64,66,68-70,72-73H,4-6,8-9,11-15,18,21-23,28-29,31,33-35,37-38,40-48,50-51,53-56H2,1-3H3,(H,67,74)/b10-7-,19-16-,20-17-,26-24-,27-25-,32-30-,39-36-,52-49+. The summed E-state index contributed by atoms with van der Waals surface area (Å²) < 4.78 is 17.6. The largest absolute Gasteiger partial charge is 0.454 e. The van der Waals surface area contributed by atoms with Gasteiger partial charge in [0.1, 0.15) is 24.4 Å². The number of hydrogen-bond acceptors (Lipinski definition) is 10. The maximum absolute atomic E-state index is 13.4. The quantitative estimate of drug-likeness (QED) is 0.0195. The predicted octanol–water partition coefficient (Wildman–Crippen LogP) is 14.7. The van der Waals surface area contributed by atoms with Crippen molar-refractivity contribution < 1.29 is 49.3 Å². The van der Waals surface area contributed by atoms with Crippen molar-refractivity contribution in [1.82, 2.24) is 5.32 Å². The molecule has 1 fully saturated rings. The molecule has 0 aliphatic carbocycles. The van der Waals surface area contributed by atoms with E-state index in [0.717, 1.165) is 109 Å². The van der Waals surface area contributed by atoms with Crippen molar-refractivity contribution in [2.75, 3.05) is 13.2 Å². The second-order valence-electron chi connectivity index (χ2n) is 21.0. The Kier molecular flexibility index (Phi) is 49.5. The van der Waals surface area contributed by atoms with E-state index in [1.807, 2.05) is 6.08 Å². The van der Waals surface area contributed by atoms with E-state index >= 15 is 0 Å². The maximum Gasteiger partial charge on any atom is 0.306 e. The van der Waals surface area contributed by atoms with Crippen LogP contribution in [-0.2, 0) is 23.8 Å². The van der Waals surface area contributed by atoms with Crippen LogP contribution in [0.3, 0.4) is 0 Å². The van der Waals surface area contributed by atoms with Gasteiger partial charge in [-0.3, -0.25) is 9.59 Å². The van der Waals surface area contributed by atoms with E-state index in [1.54, 1.807) is 6.08 Å². The molecule has 0 saturated carbocycles. The van der Waals surface area contributed by atoms with Gasteiger partial charge in [0.25, 0.3) is 0 Å². The fourth-order valence-corrected chi connectivity index (χ4v) is 9.06. The van der Waals surface area contributed by atoms with E-state index in [4.69, 9.17) is 14.2 Å². The van der Waals surface area contributed by atoms with Gasteiger partial charge in [0, 0.05) is 6.42 Å². The number of allylic oxidation sites excluding steroid dienone is 15. The van der Waals surface area contributed by atoms with Gasteiger partial charge < -0.3 is 45.1 Å². The van der Waals surface area contributed by atoms with E-state index in [2.05, 4.69) is 111 Å². The molecule has 77 heavy (non-hydrogen) atoms. The number of hydrogen-bond donors (Lipinski definition) is 6. The molecule has 8 unspecified atom stereocenters. The average Bonchev–Trinajstić information content (AvgIpc) is 3.43. The molecule has 11 nitrogen and oxygen atoms in total. The molecule has 0 aromatic heterocycles. The fourth-order valence-electron chi connectivity index (χ4n) is 9.06. The van der Waals surface area contributed by atoms with E-state index < -0.39 is 67.4 Å². The third-order valence-electron chi connectivity index (χ3n) is 14.0. The molecule has 0 aromatic carbocycles. The number of carbonyl (C=O) groups excluding carboxylic acids is 2. The van der Waals surface area contributed by atoms with E-state index in [9.17, 15) is 35.1 Å². The Balaban J connectivity index is 2.69. The molecule has 442 valence electrons. The van der Waals surface area contributed by atoms with Gasteiger partial charge in [0.15, 0.2) is 12.4 Å². The van der Waals surface area contributed by atoms with Crippen LogP contribution < -0.4 is 5.32 Å². The Labute approximate surface area is 469 Å². The zero-order valence-electron chi connectivity index (χ0n) is 48.8. The van der Waals surface area contributed by atoms with Crippen LogP contribution in [-0.4, -0.2) is 99.6 Å². The Hall–Kier alpha value is -3.42. The van der Waals surface area contributed by atoms with Gasteiger partial charge in [0.2, 0.25) is 5.91 Å². The van der Waals surface area contributed by atoms with Crippen molar-refractivity contribution in [1.29, 1.82) is 0 Å². The second kappa shape index (κ2) is 53.2. The van der Waals surface area contributed by atoms with Crippen LogP contribution in [0.1, 0.15) is 245 Å². The van der Waals surface area contributed by atoms with Crippen LogP contribution in [0.15, 0.2) is 97.2 Å². The van der Waals surface area contributed by atoms with Crippen LogP contribution in [0.5, 0.6) is 0 Å². The maximum atomic E-state index is 13.4. The highest BCUT2D eigenvalue weighted by Gasteiger charge is 2.47. The molecule has 11 heteroatoms. The molecule has 0 bridgehead atoms. The van der Waals surface area contributed by atoms with Crippen LogP contribution in [0.4, 0.5) is 0 Å². The van der Waals surface area contributed by atoms with Gasteiger partial charge in [-0.15, -0.1) is 0 Å². The van der Waals surface area contributed by atoms with Gasteiger partial charge in [-0.1, -0.05) is 234 Å². The lowest BCUT2D eigenvalue weighted by atomic mass is 9.99. The number of carbonyl (C=O) groups is 2. The van der Waals surface area contributed by atoms with E-state index in [0.29, 0.717) is 12.8 Å². The van der Waals surface area contributed by atoms with Crippen molar-refractivity contribution in [2.45, 2.75) is 294 Å². The molecule has 1 saturated heterocycles. The first-order valence-corrected chi connectivity index (χ1v) is 31.0. The third-order valence-corrected chi connectivity index (χ3v) is 14.0. The van der Waals surface area contributed by atoms with Crippen molar-refractivity contribution in [3.63, 3.8) is 0 Å². The van der Waals surface area contributed by atoms with Crippen molar-refractivity contribution in [2.24, 2.45) is 0 Å². The summed E-state index contributed by atoms with van der Waals surface area (Å²) in [6.45, 7) is 5.62. The molecule has 1 amide bonds. The second-order valence-corrected chi connectivity index (χ2v) is 21.0. The first-order chi connectivity index (χ1) is 37.7. The van der Waals surface area contributed by atoms with Crippen molar-refractivity contribution in [3.05, 3.63) is 97.2 Å². The summed E-state index contributed by atoms with van der Waals surface area (Å²) in [6, 6.07) is -1.04. The van der Waals surface area contributed by atoms with E-state index in [1.165, 1.54) is 89.9 Å². The monoisotopic (exact) mass is 1080 g/mol. The first kappa shape index (κ1) is 71.6. The minimum Gasteiger partial charge on any atom is -0.454 e. The summed E-state index contributed by atoms with van der Waals surface area (Å²) in [5.74, 6) is -1.24. The Morgan fingerprint density at radius 2 is 0.935 bits per heavy atom.